The summed E-state index contributed by atoms with van der Waals surface area (Å²) in [5, 5.41) is 10.2. The van der Waals surface area contributed by atoms with Crippen molar-refractivity contribution in [2.24, 2.45) is 0 Å². The molecule has 3 N–H and O–H groups in total. The van der Waals surface area contributed by atoms with Crippen molar-refractivity contribution in [3.63, 3.8) is 0 Å². The minimum Gasteiger partial charge on any atom is -0.379 e. The number of nitrogens with one attached hydrogen (secondary N) is 3. The predicted molar refractivity (Wildman–Crippen MR) is 101 cm³/mol. The van der Waals surface area contributed by atoms with Gasteiger partial charge in [-0.2, -0.15) is 0 Å². The van der Waals surface area contributed by atoms with Crippen molar-refractivity contribution < 1.29 is 9.53 Å². The number of anilines is 2. The first kappa shape index (κ1) is 17.7. The number of hydrogen-bond donors (Lipinski definition) is 3. The molecule has 0 radical (unpaired) electrons. The Hall–Kier alpha value is -2.08. The van der Waals surface area contributed by atoms with Gasteiger partial charge >= 0.3 is 0 Å². The van der Waals surface area contributed by atoms with Crippen molar-refractivity contribution in [3.05, 3.63) is 59.1 Å². The molecule has 0 bridgehead atoms. The third-order valence-corrected chi connectivity index (χ3v) is 4.25. The standard InChI is InChI=1S/C19H22ClN3O2/c20-15-6-7-17(22-12-14-4-2-1-3-5-14)18(10-15)23-19(24)11-16-13-25-9-8-21-16/h1-7,10,16,21-22H,8-9,11-13H2,(H,23,24). The van der Waals surface area contributed by atoms with Crippen molar-refractivity contribution in [2.75, 3.05) is 30.4 Å². The molecule has 0 saturated carbocycles. The second kappa shape index (κ2) is 8.85. The summed E-state index contributed by atoms with van der Waals surface area (Å²) in [5.41, 5.74) is 2.69. The first-order chi connectivity index (χ1) is 12.2. The van der Waals surface area contributed by atoms with Gasteiger partial charge in [0.05, 0.1) is 24.6 Å². The smallest absolute Gasteiger partial charge is 0.226 e. The molecule has 1 heterocycles. The molecule has 6 heteroatoms. The van der Waals surface area contributed by atoms with E-state index in [0.717, 1.165) is 12.2 Å². The lowest BCUT2D eigenvalue weighted by atomic mass is 10.1. The molecule has 132 valence electrons. The van der Waals surface area contributed by atoms with Gasteiger partial charge in [0, 0.05) is 30.6 Å². The lowest BCUT2D eigenvalue weighted by molar-refractivity contribution is -0.117. The topological polar surface area (TPSA) is 62.4 Å². The fraction of sp³-hybridized carbons (Fsp3) is 0.316. The van der Waals surface area contributed by atoms with E-state index in [9.17, 15) is 4.79 Å². The molecule has 1 amide bonds. The molecule has 1 aliphatic rings. The molecular formula is C19H22ClN3O2. The summed E-state index contributed by atoms with van der Waals surface area (Å²) in [4.78, 5) is 12.3. The zero-order valence-electron chi connectivity index (χ0n) is 13.9. The van der Waals surface area contributed by atoms with Gasteiger partial charge in [-0.15, -0.1) is 0 Å². The quantitative estimate of drug-likeness (QED) is 0.740. The van der Waals surface area contributed by atoms with Crippen LogP contribution in [0.4, 0.5) is 11.4 Å². The van der Waals surface area contributed by atoms with Crippen LogP contribution in [0.15, 0.2) is 48.5 Å². The van der Waals surface area contributed by atoms with E-state index in [1.807, 2.05) is 24.3 Å². The first-order valence-electron chi connectivity index (χ1n) is 8.39. The number of amides is 1. The number of ether oxygens (including phenoxy) is 1. The summed E-state index contributed by atoms with van der Waals surface area (Å²) in [5.74, 6) is -0.0620. The van der Waals surface area contributed by atoms with Crippen LogP contribution in [0.1, 0.15) is 12.0 Å². The van der Waals surface area contributed by atoms with Gasteiger partial charge < -0.3 is 20.7 Å². The average molecular weight is 360 g/mol. The van der Waals surface area contributed by atoms with Crippen LogP contribution in [0, 0.1) is 0 Å². The molecule has 0 aromatic heterocycles. The Labute approximate surface area is 152 Å². The van der Waals surface area contributed by atoms with E-state index in [1.165, 1.54) is 5.56 Å². The lowest BCUT2D eigenvalue weighted by Gasteiger charge is -2.23. The van der Waals surface area contributed by atoms with E-state index in [-0.39, 0.29) is 11.9 Å². The second-order valence-corrected chi connectivity index (χ2v) is 6.44. The summed E-state index contributed by atoms with van der Waals surface area (Å²) in [6.07, 6.45) is 0.366. The number of halogens is 1. The van der Waals surface area contributed by atoms with Crippen molar-refractivity contribution in [3.8, 4) is 0 Å². The van der Waals surface area contributed by atoms with Crippen molar-refractivity contribution in [1.82, 2.24) is 5.32 Å². The van der Waals surface area contributed by atoms with Crippen LogP contribution >= 0.6 is 11.6 Å². The molecular weight excluding hydrogens is 338 g/mol. The lowest BCUT2D eigenvalue weighted by Crippen LogP contribution is -2.43. The van der Waals surface area contributed by atoms with E-state index in [2.05, 4.69) is 28.1 Å². The van der Waals surface area contributed by atoms with Crippen LogP contribution < -0.4 is 16.0 Å². The Balaban J connectivity index is 1.63. The van der Waals surface area contributed by atoms with Crippen LogP contribution in [0.5, 0.6) is 0 Å². The number of benzene rings is 2. The first-order valence-corrected chi connectivity index (χ1v) is 8.77. The van der Waals surface area contributed by atoms with Crippen molar-refractivity contribution in [2.45, 2.75) is 19.0 Å². The molecule has 1 unspecified atom stereocenters. The van der Waals surface area contributed by atoms with E-state index in [1.54, 1.807) is 12.1 Å². The van der Waals surface area contributed by atoms with Crippen LogP contribution in [0.2, 0.25) is 5.02 Å². The number of carbonyl (C=O) groups excluding carboxylic acids is 1. The van der Waals surface area contributed by atoms with E-state index >= 15 is 0 Å². The number of carbonyl (C=O) groups is 1. The maximum absolute atomic E-state index is 12.3. The summed E-state index contributed by atoms with van der Waals surface area (Å²) >= 11 is 6.10. The molecule has 1 fully saturated rings. The SMILES string of the molecule is O=C(CC1COCCN1)Nc1cc(Cl)ccc1NCc1ccccc1. The van der Waals surface area contributed by atoms with Gasteiger partial charge in [-0.25, -0.2) is 0 Å². The molecule has 2 aromatic carbocycles. The fourth-order valence-corrected chi connectivity index (χ4v) is 2.92. The minimum absolute atomic E-state index is 0.0497. The molecule has 25 heavy (non-hydrogen) atoms. The molecule has 1 saturated heterocycles. The van der Waals surface area contributed by atoms with Gasteiger partial charge in [-0.05, 0) is 23.8 Å². The van der Waals surface area contributed by atoms with Crippen molar-refractivity contribution in [1.29, 1.82) is 0 Å². The molecule has 2 aromatic rings. The van der Waals surface area contributed by atoms with Gasteiger partial charge in [0.1, 0.15) is 0 Å². The highest BCUT2D eigenvalue weighted by Gasteiger charge is 2.17. The monoisotopic (exact) mass is 359 g/mol. The Morgan fingerprint density at radius 2 is 2.04 bits per heavy atom. The largest absolute Gasteiger partial charge is 0.379 e. The highest BCUT2D eigenvalue weighted by atomic mass is 35.5. The molecule has 0 spiro atoms. The van der Waals surface area contributed by atoms with Gasteiger partial charge in [0.2, 0.25) is 5.91 Å². The number of rotatable bonds is 6. The van der Waals surface area contributed by atoms with Gasteiger partial charge in [0.25, 0.3) is 0 Å². The normalized spacial score (nSPS) is 17.1. The summed E-state index contributed by atoms with van der Waals surface area (Å²) in [6.45, 7) is 2.70. The van der Waals surface area contributed by atoms with Gasteiger partial charge in [0.15, 0.2) is 0 Å². The third kappa shape index (κ3) is 5.46. The Morgan fingerprint density at radius 3 is 2.80 bits per heavy atom. The summed E-state index contributed by atoms with van der Waals surface area (Å²) in [6, 6.07) is 15.6. The summed E-state index contributed by atoms with van der Waals surface area (Å²) < 4.78 is 5.39. The van der Waals surface area contributed by atoms with Crippen LogP contribution in [-0.2, 0) is 16.1 Å². The highest BCUT2D eigenvalue weighted by Crippen LogP contribution is 2.26. The molecule has 5 nitrogen and oxygen atoms in total. The van der Waals surface area contributed by atoms with Crippen LogP contribution in [0.25, 0.3) is 0 Å². The maximum atomic E-state index is 12.3. The van der Waals surface area contributed by atoms with Crippen molar-refractivity contribution >= 4 is 28.9 Å². The Morgan fingerprint density at radius 1 is 1.20 bits per heavy atom. The van der Waals surface area contributed by atoms with E-state index < -0.39 is 0 Å². The summed E-state index contributed by atoms with van der Waals surface area (Å²) in [7, 11) is 0. The zero-order chi connectivity index (χ0) is 17.5. The Kier molecular flexibility index (Phi) is 6.28. The highest BCUT2D eigenvalue weighted by molar-refractivity contribution is 6.31. The van der Waals surface area contributed by atoms with Gasteiger partial charge in [-0.3, -0.25) is 4.79 Å². The number of morpholine rings is 1. The van der Waals surface area contributed by atoms with E-state index in [0.29, 0.717) is 36.9 Å². The number of hydrogen-bond acceptors (Lipinski definition) is 4. The third-order valence-electron chi connectivity index (χ3n) is 4.01. The fourth-order valence-electron chi connectivity index (χ4n) is 2.74. The zero-order valence-corrected chi connectivity index (χ0v) is 14.7. The van der Waals surface area contributed by atoms with Gasteiger partial charge in [-0.1, -0.05) is 41.9 Å². The predicted octanol–water partition coefficient (Wildman–Crippen LogP) is 3.27. The molecule has 1 aliphatic heterocycles. The molecule has 3 rings (SSSR count). The van der Waals surface area contributed by atoms with E-state index in [4.69, 9.17) is 16.3 Å². The van der Waals surface area contributed by atoms with Crippen LogP contribution in [0.3, 0.4) is 0 Å². The maximum Gasteiger partial charge on any atom is 0.226 e. The molecule has 1 atom stereocenters. The second-order valence-electron chi connectivity index (χ2n) is 6.01. The van der Waals surface area contributed by atoms with Crippen LogP contribution in [-0.4, -0.2) is 31.7 Å². The average Bonchev–Trinajstić information content (AvgIpc) is 2.63. The minimum atomic E-state index is -0.0620. The Bertz CT molecular complexity index is 703. The molecule has 0 aliphatic carbocycles.